The third-order valence-corrected chi connectivity index (χ3v) is 2.82. The first-order valence-corrected chi connectivity index (χ1v) is 5.54. The number of aldehydes is 1. The van der Waals surface area contributed by atoms with Gasteiger partial charge in [-0.2, -0.15) is 0 Å². The lowest BCUT2D eigenvalue weighted by molar-refractivity contribution is -0.110. The van der Waals surface area contributed by atoms with Gasteiger partial charge >= 0.3 is 0 Å². The topological polar surface area (TPSA) is 39.2 Å². The molecule has 0 spiro atoms. The number of aryl methyl sites for hydroxylation is 2. The van der Waals surface area contributed by atoms with Crippen molar-refractivity contribution in [3.8, 4) is 5.75 Å². The minimum atomic E-state index is 0.0912. The smallest absolute Gasteiger partial charge is 0.128 e. The first-order chi connectivity index (χ1) is 7.60. The van der Waals surface area contributed by atoms with E-state index in [0.29, 0.717) is 0 Å². The maximum absolute atomic E-state index is 10.5. The first kappa shape index (κ1) is 12.7. The van der Waals surface area contributed by atoms with Gasteiger partial charge in [0.1, 0.15) is 12.0 Å². The number of ether oxygens (including phenoxy) is 1. The van der Waals surface area contributed by atoms with E-state index in [1.807, 2.05) is 27.0 Å². The molecule has 88 valence electrons. The zero-order valence-corrected chi connectivity index (χ0v) is 10.4. The van der Waals surface area contributed by atoms with Crippen LogP contribution in [0.25, 0.3) is 0 Å². The van der Waals surface area contributed by atoms with Crippen molar-refractivity contribution in [3.63, 3.8) is 0 Å². The van der Waals surface area contributed by atoms with E-state index < -0.39 is 0 Å². The van der Waals surface area contributed by atoms with E-state index in [1.54, 1.807) is 7.11 Å². The van der Waals surface area contributed by atoms with Gasteiger partial charge in [0.05, 0.1) is 7.11 Å². The molecule has 1 aromatic heterocycles. The Hall–Kier alpha value is -1.38. The van der Waals surface area contributed by atoms with Gasteiger partial charge in [0.2, 0.25) is 0 Å². The highest BCUT2D eigenvalue weighted by molar-refractivity contribution is 5.52. The van der Waals surface area contributed by atoms with Crippen LogP contribution in [-0.4, -0.2) is 18.4 Å². The molecule has 1 atom stereocenters. The average molecular weight is 221 g/mol. The van der Waals surface area contributed by atoms with Gasteiger partial charge in [-0.25, -0.2) is 0 Å². The molecular weight excluding hydrogens is 202 g/mol. The van der Waals surface area contributed by atoms with Gasteiger partial charge < -0.3 is 9.53 Å². The molecule has 1 rings (SSSR count). The summed E-state index contributed by atoms with van der Waals surface area (Å²) in [6.07, 6.45) is 4.47. The van der Waals surface area contributed by atoms with Gasteiger partial charge in [-0.1, -0.05) is 6.92 Å². The highest BCUT2D eigenvalue weighted by Gasteiger charge is 2.10. The zero-order valence-electron chi connectivity index (χ0n) is 10.4. The van der Waals surface area contributed by atoms with E-state index in [1.165, 1.54) is 0 Å². The summed E-state index contributed by atoms with van der Waals surface area (Å²) in [5.41, 5.74) is 3.16. The van der Waals surface area contributed by atoms with Crippen LogP contribution in [0, 0.1) is 19.8 Å². The van der Waals surface area contributed by atoms with Crippen LogP contribution >= 0.6 is 0 Å². The van der Waals surface area contributed by atoms with Crippen LogP contribution in [0.15, 0.2) is 6.20 Å². The van der Waals surface area contributed by atoms with Crippen molar-refractivity contribution in [2.75, 3.05) is 7.11 Å². The molecule has 0 radical (unpaired) electrons. The molecule has 3 nitrogen and oxygen atoms in total. The number of methoxy groups -OCH3 is 1. The average Bonchev–Trinajstić information content (AvgIpc) is 2.28. The summed E-state index contributed by atoms with van der Waals surface area (Å²) in [6.45, 7) is 5.92. The Kier molecular flexibility index (Phi) is 4.47. The van der Waals surface area contributed by atoms with Crippen molar-refractivity contribution in [3.05, 3.63) is 23.0 Å². The van der Waals surface area contributed by atoms with Crippen molar-refractivity contribution < 1.29 is 9.53 Å². The van der Waals surface area contributed by atoms with Gasteiger partial charge in [-0.05, 0) is 26.7 Å². The molecule has 0 N–H and O–H groups in total. The normalized spacial score (nSPS) is 12.2. The van der Waals surface area contributed by atoms with Crippen LogP contribution in [0.4, 0.5) is 0 Å². The quantitative estimate of drug-likeness (QED) is 0.717. The number of carbonyl (C=O) groups is 1. The number of aromatic nitrogens is 1. The molecule has 16 heavy (non-hydrogen) atoms. The molecule has 1 aromatic rings. The third kappa shape index (κ3) is 2.81. The SMILES string of the molecule is COc1c(C)cnc(CCC(C)C=O)c1C. The molecule has 0 fully saturated rings. The molecule has 0 saturated carbocycles. The van der Waals surface area contributed by atoms with Crippen molar-refractivity contribution in [2.45, 2.75) is 33.6 Å². The summed E-state index contributed by atoms with van der Waals surface area (Å²) in [4.78, 5) is 14.9. The fraction of sp³-hybridized carbons (Fsp3) is 0.538. The van der Waals surface area contributed by atoms with Crippen molar-refractivity contribution in [2.24, 2.45) is 5.92 Å². The van der Waals surface area contributed by atoms with E-state index in [4.69, 9.17) is 4.74 Å². The lowest BCUT2D eigenvalue weighted by atomic mass is 10.0. The van der Waals surface area contributed by atoms with Gasteiger partial charge in [0, 0.05) is 28.9 Å². The van der Waals surface area contributed by atoms with E-state index in [9.17, 15) is 4.79 Å². The lowest BCUT2D eigenvalue weighted by Crippen LogP contribution is -2.03. The second-order valence-electron chi connectivity index (χ2n) is 4.20. The number of pyridine rings is 1. The van der Waals surface area contributed by atoms with E-state index >= 15 is 0 Å². The molecule has 0 amide bonds. The van der Waals surface area contributed by atoms with Crippen molar-refractivity contribution in [1.29, 1.82) is 0 Å². The third-order valence-electron chi connectivity index (χ3n) is 2.82. The molecule has 0 aliphatic carbocycles. The van der Waals surface area contributed by atoms with Gasteiger partial charge in [0.15, 0.2) is 0 Å². The molecule has 0 saturated heterocycles. The summed E-state index contributed by atoms with van der Waals surface area (Å²) in [5, 5.41) is 0. The second kappa shape index (κ2) is 5.64. The van der Waals surface area contributed by atoms with Gasteiger partial charge in [-0.15, -0.1) is 0 Å². The minimum Gasteiger partial charge on any atom is -0.496 e. The van der Waals surface area contributed by atoms with Crippen LogP contribution in [0.3, 0.4) is 0 Å². The van der Waals surface area contributed by atoms with Gasteiger partial charge in [0.25, 0.3) is 0 Å². The maximum atomic E-state index is 10.5. The standard InChI is InChI=1S/C13H19NO2/c1-9(8-15)5-6-12-11(3)13(16-4)10(2)7-14-12/h7-9H,5-6H2,1-4H3. The number of rotatable bonds is 5. The molecule has 0 aromatic carbocycles. The first-order valence-electron chi connectivity index (χ1n) is 5.54. The molecule has 1 unspecified atom stereocenters. The highest BCUT2D eigenvalue weighted by Crippen LogP contribution is 2.25. The summed E-state index contributed by atoms with van der Waals surface area (Å²) in [7, 11) is 1.67. The number of hydrogen-bond donors (Lipinski definition) is 0. The Morgan fingerprint density at radius 2 is 2.19 bits per heavy atom. The Morgan fingerprint density at radius 3 is 2.75 bits per heavy atom. The summed E-state index contributed by atoms with van der Waals surface area (Å²) in [6, 6.07) is 0. The Bertz CT molecular complexity index is 374. The predicted molar refractivity (Wildman–Crippen MR) is 63.8 cm³/mol. The molecular formula is C13H19NO2. The molecule has 0 aliphatic heterocycles. The molecule has 0 bridgehead atoms. The Labute approximate surface area is 96.8 Å². The largest absolute Gasteiger partial charge is 0.496 e. The van der Waals surface area contributed by atoms with Crippen LogP contribution in [0.2, 0.25) is 0 Å². The lowest BCUT2D eigenvalue weighted by Gasteiger charge is -2.12. The minimum absolute atomic E-state index is 0.0912. The van der Waals surface area contributed by atoms with Crippen LogP contribution in [0.1, 0.15) is 30.2 Å². The number of hydrogen-bond acceptors (Lipinski definition) is 3. The summed E-state index contributed by atoms with van der Waals surface area (Å²) in [5.74, 6) is 0.997. The van der Waals surface area contributed by atoms with Crippen molar-refractivity contribution in [1.82, 2.24) is 4.98 Å². The van der Waals surface area contributed by atoms with Crippen LogP contribution < -0.4 is 4.74 Å². The Balaban J connectivity index is 2.85. The summed E-state index contributed by atoms with van der Waals surface area (Å²) < 4.78 is 5.34. The molecule has 0 aliphatic rings. The fourth-order valence-corrected chi connectivity index (χ4v) is 1.76. The van der Waals surface area contributed by atoms with Crippen LogP contribution in [0.5, 0.6) is 5.75 Å². The number of carbonyl (C=O) groups excluding carboxylic acids is 1. The molecule has 1 heterocycles. The summed E-state index contributed by atoms with van der Waals surface area (Å²) >= 11 is 0. The van der Waals surface area contributed by atoms with Gasteiger partial charge in [-0.3, -0.25) is 4.98 Å². The predicted octanol–water partition coefficient (Wildman–Crippen LogP) is 2.47. The fourth-order valence-electron chi connectivity index (χ4n) is 1.76. The maximum Gasteiger partial charge on any atom is 0.128 e. The monoisotopic (exact) mass is 221 g/mol. The zero-order chi connectivity index (χ0) is 12.1. The van der Waals surface area contributed by atoms with Crippen LogP contribution in [-0.2, 0) is 11.2 Å². The second-order valence-corrected chi connectivity index (χ2v) is 4.20. The highest BCUT2D eigenvalue weighted by atomic mass is 16.5. The molecule has 3 heteroatoms. The van der Waals surface area contributed by atoms with Crippen molar-refractivity contribution >= 4 is 6.29 Å². The Morgan fingerprint density at radius 1 is 1.50 bits per heavy atom. The van der Waals surface area contributed by atoms with E-state index in [0.717, 1.165) is 41.7 Å². The van der Waals surface area contributed by atoms with E-state index in [2.05, 4.69) is 4.98 Å². The van der Waals surface area contributed by atoms with E-state index in [-0.39, 0.29) is 5.92 Å². The number of nitrogens with zero attached hydrogens (tertiary/aromatic N) is 1.